The fraction of sp³-hybridized carbons (Fsp3) is 0.167. The van der Waals surface area contributed by atoms with Crippen molar-refractivity contribution >= 4 is 34.8 Å². The molecule has 3 aromatic carbocycles. The summed E-state index contributed by atoms with van der Waals surface area (Å²) in [6.45, 7) is 3.98. The number of hydrogen-bond acceptors (Lipinski definition) is 3. The number of halogens is 2. The molecular weight excluding hydrogens is 419 g/mol. The standard InChI is InChI=1S/C24H22ClFN2O3/c1-3-15(2)31-20-9-5-7-17(13-20)24(30)27-18-8-4-6-16(12-18)23(29)28-19-10-11-22(26)21(25)14-19/h4-15H,3H2,1-2H3,(H,27,30)(H,28,29). The molecule has 0 saturated heterocycles. The number of rotatable bonds is 7. The first-order valence-corrected chi connectivity index (χ1v) is 10.2. The Labute approximate surface area is 185 Å². The Kier molecular flexibility index (Phi) is 7.26. The van der Waals surface area contributed by atoms with E-state index in [1.165, 1.54) is 18.2 Å². The van der Waals surface area contributed by atoms with E-state index >= 15 is 0 Å². The van der Waals surface area contributed by atoms with Gasteiger partial charge in [-0.2, -0.15) is 0 Å². The SMILES string of the molecule is CCC(C)Oc1cccc(C(=O)Nc2cccc(C(=O)Nc3ccc(F)c(Cl)c3)c2)c1. The molecule has 0 spiro atoms. The molecule has 0 bridgehead atoms. The summed E-state index contributed by atoms with van der Waals surface area (Å²) in [5.74, 6) is -0.684. The second-order valence-corrected chi connectivity index (χ2v) is 7.39. The molecule has 0 fully saturated rings. The van der Waals surface area contributed by atoms with Gasteiger partial charge in [-0.15, -0.1) is 0 Å². The monoisotopic (exact) mass is 440 g/mol. The Morgan fingerprint density at radius 3 is 2.19 bits per heavy atom. The Hall–Kier alpha value is -3.38. The number of benzene rings is 3. The molecule has 0 aromatic heterocycles. The first-order chi connectivity index (χ1) is 14.9. The maximum absolute atomic E-state index is 13.3. The van der Waals surface area contributed by atoms with Gasteiger partial charge in [-0.05, 0) is 67.9 Å². The van der Waals surface area contributed by atoms with E-state index in [1.54, 1.807) is 48.5 Å². The molecule has 2 N–H and O–H groups in total. The van der Waals surface area contributed by atoms with Gasteiger partial charge >= 0.3 is 0 Å². The van der Waals surface area contributed by atoms with Gasteiger partial charge in [0.2, 0.25) is 0 Å². The van der Waals surface area contributed by atoms with E-state index in [4.69, 9.17) is 16.3 Å². The molecule has 7 heteroatoms. The zero-order valence-electron chi connectivity index (χ0n) is 17.1. The highest BCUT2D eigenvalue weighted by molar-refractivity contribution is 6.31. The predicted octanol–water partition coefficient (Wildman–Crippen LogP) is 6.16. The summed E-state index contributed by atoms with van der Waals surface area (Å²) in [5, 5.41) is 5.35. The van der Waals surface area contributed by atoms with Crippen molar-refractivity contribution in [1.82, 2.24) is 0 Å². The van der Waals surface area contributed by atoms with Gasteiger partial charge in [0.15, 0.2) is 0 Å². The van der Waals surface area contributed by atoms with Crippen molar-refractivity contribution in [3.05, 3.63) is 88.7 Å². The minimum Gasteiger partial charge on any atom is -0.491 e. The average Bonchev–Trinajstić information content (AvgIpc) is 2.76. The van der Waals surface area contributed by atoms with Crippen LogP contribution in [0.5, 0.6) is 5.75 Å². The van der Waals surface area contributed by atoms with Gasteiger partial charge < -0.3 is 15.4 Å². The first-order valence-electron chi connectivity index (χ1n) is 9.80. The van der Waals surface area contributed by atoms with Crippen LogP contribution in [0.15, 0.2) is 66.7 Å². The van der Waals surface area contributed by atoms with Crippen molar-refractivity contribution in [2.24, 2.45) is 0 Å². The number of nitrogens with one attached hydrogen (secondary N) is 2. The second kappa shape index (κ2) is 10.1. The smallest absolute Gasteiger partial charge is 0.255 e. The van der Waals surface area contributed by atoms with Gasteiger partial charge in [0.1, 0.15) is 11.6 Å². The lowest BCUT2D eigenvalue weighted by atomic mass is 10.1. The highest BCUT2D eigenvalue weighted by Gasteiger charge is 2.12. The van der Waals surface area contributed by atoms with Gasteiger partial charge in [0.05, 0.1) is 11.1 Å². The molecule has 31 heavy (non-hydrogen) atoms. The largest absolute Gasteiger partial charge is 0.491 e. The zero-order chi connectivity index (χ0) is 22.4. The molecule has 1 unspecified atom stereocenters. The van der Waals surface area contributed by atoms with E-state index in [0.717, 1.165) is 6.42 Å². The highest BCUT2D eigenvalue weighted by atomic mass is 35.5. The highest BCUT2D eigenvalue weighted by Crippen LogP contribution is 2.21. The molecule has 0 radical (unpaired) electrons. The van der Waals surface area contributed by atoms with Gasteiger partial charge in [0.25, 0.3) is 11.8 Å². The minimum absolute atomic E-state index is 0.0458. The summed E-state index contributed by atoms with van der Waals surface area (Å²) in [7, 11) is 0. The Balaban J connectivity index is 1.70. The third-order valence-corrected chi connectivity index (χ3v) is 4.86. The molecule has 0 aliphatic heterocycles. The second-order valence-electron chi connectivity index (χ2n) is 6.98. The Bertz CT molecular complexity index is 1100. The average molecular weight is 441 g/mol. The molecule has 5 nitrogen and oxygen atoms in total. The van der Waals surface area contributed by atoms with E-state index in [-0.39, 0.29) is 17.0 Å². The third kappa shape index (κ3) is 6.06. The summed E-state index contributed by atoms with van der Waals surface area (Å²) in [6, 6.07) is 17.3. The number of hydrogen-bond donors (Lipinski definition) is 2. The number of ether oxygens (including phenoxy) is 1. The summed E-state index contributed by atoms with van der Waals surface area (Å²) in [5.41, 5.74) is 1.59. The van der Waals surface area contributed by atoms with Gasteiger partial charge in [0, 0.05) is 22.5 Å². The van der Waals surface area contributed by atoms with Crippen LogP contribution in [-0.2, 0) is 0 Å². The normalized spacial score (nSPS) is 11.5. The fourth-order valence-electron chi connectivity index (χ4n) is 2.74. The van der Waals surface area contributed by atoms with Crippen LogP contribution in [0, 0.1) is 5.82 Å². The molecular formula is C24H22ClFN2O3. The number of anilines is 2. The predicted molar refractivity (Wildman–Crippen MR) is 121 cm³/mol. The van der Waals surface area contributed by atoms with E-state index < -0.39 is 11.7 Å². The Morgan fingerprint density at radius 2 is 1.55 bits per heavy atom. The number of carbonyl (C=O) groups is 2. The summed E-state index contributed by atoms with van der Waals surface area (Å²) >= 11 is 5.75. The van der Waals surface area contributed by atoms with Crippen LogP contribution in [0.25, 0.3) is 0 Å². The first kappa shape index (κ1) is 22.3. The maximum atomic E-state index is 13.3. The van der Waals surface area contributed by atoms with Gasteiger partial charge in [-0.3, -0.25) is 9.59 Å². The van der Waals surface area contributed by atoms with E-state index in [1.807, 2.05) is 13.8 Å². The molecule has 0 aliphatic rings. The van der Waals surface area contributed by atoms with Crippen molar-refractivity contribution in [3.8, 4) is 5.75 Å². The quantitative estimate of drug-likeness (QED) is 0.462. The molecule has 160 valence electrons. The van der Waals surface area contributed by atoms with Crippen molar-refractivity contribution < 1.29 is 18.7 Å². The molecule has 1 atom stereocenters. The van der Waals surface area contributed by atoms with Crippen LogP contribution in [0.4, 0.5) is 15.8 Å². The van der Waals surface area contributed by atoms with Crippen molar-refractivity contribution in [3.63, 3.8) is 0 Å². The number of carbonyl (C=O) groups excluding carboxylic acids is 2. The van der Waals surface area contributed by atoms with Gasteiger partial charge in [-0.25, -0.2) is 4.39 Å². The van der Waals surface area contributed by atoms with Crippen molar-refractivity contribution in [1.29, 1.82) is 0 Å². The maximum Gasteiger partial charge on any atom is 0.255 e. The van der Waals surface area contributed by atoms with E-state index in [9.17, 15) is 14.0 Å². The molecule has 2 amide bonds. The number of amides is 2. The summed E-state index contributed by atoms with van der Waals surface area (Å²) in [6.07, 6.45) is 0.902. The molecule has 3 rings (SSSR count). The van der Waals surface area contributed by atoms with Crippen molar-refractivity contribution in [2.75, 3.05) is 10.6 Å². The van der Waals surface area contributed by atoms with E-state index in [2.05, 4.69) is 10.6 Å². The summed E-state index contributed by atoms with van der Waals surface area (Å²) in [4.78, 5) is 25.2. The Morgan fingerprint density at radius 1 is 0.935 bits per heavy atom. The molecule has 3 aromatic rings. The van der Waals surface area contributed by atoms with E-state index in [0.29, 0.717) is 28.3 Å². The van der Waals surface area contributed by atoms with Crippen LogP contribution >= 0.6 is 11.6 Å². The molecule has 0 heterocycles. The van der Waals surface area contributed by atoms with Crippen LogP contribution in [0.3, 0.4) is 0 Å². The van der Waals surface area contributed by atoms with Crippen molar-refractivity contribution in [2.45, 2.75) is 26.4 Å². The lowest BCUT2D eigenvalue weighted by Gasteiger charge is -2.13. The van der Waals surface area contributed by atoms with Crippen LogP contribution in [0.2, 0.25) is 5.02 Å². The van der Waals surface area contributed by atoms with Crippen LogP contribution < -0.4 is 15.4 Å². The molecule has 0 saturated carbocycles. The van der Waals surface area contributed by atoms with Crippen LogP contribution in [-0.4, -0.2) is 17.9 Å². The fourth-order valence-corrected chi connectivity index (χ4v) is 2.93. The van der Waals surface area contributed by atoms with Gasteiger partial charge in [-0.1, -0.05) is 30.7 Å². The molecule has 0 aliphatic carbocycles. The lowest BCUT2D eigenvalue weighted by Crippen LogP contribution is -2.15. The zero-order valence-corrected chi connectivity index (χ0v) is 17.9. The third-order valence-electron chi connectivity index (χ3n) is 4.57. The minimum atomic E-state index is -0.567. The lowest BCUT2D eigenvalue weighted by molar-refractivity contribution is 0.101. The topological polar surface area (TPSA) is 67.4 Å². The van der Waals surface area contributed by atoms with Crippen LogP contribution in [0.1, 0.15) is 41.0 Å². The summed E-state index contributed by atoms with van der Waals surface area (Å²) < 4.78 is 19.0.